The van der Waals surface area contributed by atoms with Gasteiger partial charge in [-0.3, -0.25) is 0 Å². The van der Waals surface area contributed by atoms with E-state index in [4.69, 9.17) is 0 Å². The summed E-state index contributed by atoms with van der Waals surface area (Å²) in [6.07, 6.45) is 0. The van der Waals surface area contributed by atoms with Gasteiger partial charge in [0, 0.05) is 94.9 Å². The number of rotatable bonds is 13. The van der Waals surface area contributed by atoms with Gasteiger partial charge < -0.3 is 24.5 Å². The second kappa shape index (κ2) is 27.5. The molecule has 16 aromatic carbocycles. The molecule has 0 spiro atoms. The first kappa shape index (κ1) is 68.3. The van der Waals surface area contributed by atoms with E-state index < -0.39 is 0 Å². The average molecular weight is 1450 g/mol. The van der Waals surface area contributed by atoms with Crippen LogP contribution in [0, 0.1) is 0 Å². The molecule has 0 amide bonds. The third kappa shape index (κ3) is 11.8. The molecule has 0 atom stereocenters. The van der Waals surface area contributed by atoms with Crippen molar-refractivity contribution in [3.8, 4) is 44.5 Å². The molecular weight excluding hydrogens is 1370 g/mol. The molecule has 0 fully saturated rings. The van der Waals surface area contributed by atoms with Crippen LogP contribution in [0.1, 0.15) is 52.7 Å². The zero-order valence-electron chi connectivity index (χ0n) is 63.7. The Hall–Kier alpha value is -13.0. The fourth-order valence-electron chi connectivity index (χ4n) is 17.8. The summed E-state index contributed by atoms with van der Waals surface area (Å²) in [7, 11) is 0. The van der Waals surface area contributed by atoms with Crippen LogP contribution in [0.4, 0.5) is 85.3 Å². The maximum atomic E-state index is 2.73. The molecule has 20 rings (SSSR count). The minimum absolute atomic E-state index is 0.0637. The highest BCUT2D eigenvalue weighted by atomic mass is 32.2. The van der Waals surface area contributed by atoms with Crippen molar-refractivity contribution in [1.82, 2.24) is 0 Å². The van der Waals surface area contributed by atoms with Crippen molar-refractivity contribution in [2.24, 2.45) is 0 Å². The third-order valence-electron chi connectivity index (χ3n) is 23.2. The normalized spacial score (nSPS) is 13.0. The predicted octanol–water partition coefficient (Wildman–Crippen LogP) is 24.7. The van der Waals surface area contributed by atoms with Gasteiger partial charge in [0.2, 0.25) is 6.71 Å². The van der Waals surface area contributed by atoms with Crippen molar-refractivity contribution in [3.05, 3.63) is 393 Å². The SMILES string of the molecule is CC(C)(C)c1ccc(-c2cccc(-c3ccc(C(C)(C)C)cc3)c2N2c3cc4c(cc3B3c5ccccc5N(c5ccccc5)c5cc(N(c6ccc(-c7ccccc7)cc6)c6ccc(-c7ccccc7)cc6)cc2c53)B2c3ccccc3N(c3ccccc3)c3cc(N(c5ccccc5)c5ccccc5)cc(c32)S4)cc1. The van der Waals surface area contributed by atoms with E-state index in [-0.39, 0.29) is 24.3 Å². The van der Waals surface area contributed by atoms with Gasteiger partial charge in [-0.1, -0.05) is 326 Å². The van der Waals surface area contributed by atoms with E-state index in [1.165, 1.54) is 76.2 Å². The van der Waals surface area contributed by atoms with Crippen molar-refractivity contribution < 1.29 is 0 Å². The maximum absolute atomic E-state index is 2.73. The summed E-state index contributed by atoms with van der Waals surface area (Å²) < 4.78 is 0. The highest BCUT2D eigenvalue weighted by molar-refractivity contribution is 8.00. The van der Waals surface area contributed by atoms with Gasteiger partial charge in [-0.15, -0.1) is 0 Å². The van der Waals surface area contributed by atoms with Gasteiger partial charge in [-0.05, 0) is 198 Å². The highest BCUT2D eigenvalue weighted by Gasteiger charge is 2.48. The Morgan fingerprint density at radius 1 is 0.241 bits per heavy atom. The van der Waals surface area contributed by atoms with Crippen LogP contribution in [0.15, 0.2) is 392 Å². The summed E-state index contributed by atoms with van der Waals surface area (Å²) in [6.45, 7) is 13.5. The molecule has 5 nitrogen and oxygen atoms in total. The molecule has 0 saturated carbocycles. The van der Waals surface area contributed by atoms with E-state index in [2.05, 4.69) is 448 Å². The standard InChI is InChI=1S/C104H81B2N5S/c1-103(2,3)76-56-48-74(49-57-76)86-42-29-43-87(75-50-58-77(59-51-75)104(4,5)6)102(86)111-94-69-98-91(106-89-45-26-28-47-93(89)110(81-40-23-12-24-41-81)97-66-85(67-99(112-98)101(97)106)107(78-34-17-9-18-35-78)79-36-19-10-20-37-79)68-90(94)105-88-44-25-27-46-92(88)109(80-38-21-11-22-39-80)95-64-84(65-96(111)100(95)105)108(82-60-52-72(53-61-82)70-30-13-7-14-31-70)83-62-54-73(55-63-83)71-32-15-8-16-33-71/h7-69H,1-6H3. The molecule has 4 aliphatic heterocycles. The smallest absolute Gasteiger partial charge is 0.252 e. The van der Waals surface area contributed by atoms with Crippen LogP contribution < -0.4 is 57.3 Å². The van der Waals surface area contributed by atoms with E-state index >= 15 is 0 Å². The summed E-state index contributed by atoms with van der Waals surface area (Å²) in [5.41, 5.74) is 35.8. The van der Waals surface area contributed by atoms with Crippen LogP contribution >= 0.6 is 11.8 Å². The third-order valence-corrected chi connectivity index (χ3v) is 24.3. The molecule has 0 radical (unpaired) electrons. The first-order chi connectivity index (χ1) is 54.8. The summed E-state index contributed by atoms with van der Waals surface area (Å²) in [5, 5.41) is 0. The molecule has 112 heavy (non-hydrogen) atoms. The summed E-state index contributed by atoms with van der Waals surface area (Å²) in [5.74, 6) is 0. The molecule has 16 aromatic rings. The Kier molecular flexibility index (Phi) is 16.8. The van der Waals surface area contributed by atoms with Crippen LogP contribution in [0.3, 0.4) is 0 Å². The first-order valence-electron chi connectivity index (χ1n) is 39.1. The summed E-state index contributed by atoms with van der Waals surface area (Å²) >= 11 is 1.92. The Balaban J connectivity index is 0.908. The first-order valence-corrected chi connectivity index (χ1v) is 39.9. The number of benzene rings is 16. The quantitative estimate of drug-likeness (QED) is 0.106. The second-order valence-electron chi connectivity index (χ2n) is 32.0. The molecule has 4 heterocycles. The fourth-order valence-corrected chi connectivity index (χ4v) is 19.0. The average Bonchev–Trinajstić information content (AvgIpc) is 0.685. The lowest BCUT2D eigenvalue weighted by Crippen LogP contribution is -2.64. The molecule has 0 unspecified atom stereocenters. The Bertz CT molecular complexity index is 6030. The zero-order chi connectivity index (χ0) is 75.3. The topological polar surface area (TPSA) is 16.2 Å². The molecule has 8 heteroatoms. The van der Waals surface area contributed by atoms with Gasteiger partial charge in [0.05, 0.1) is 11.4 Å². The van der Waals surface area contributed by atoms with Crippen LogP contribution in [-0.2, 0) is 10.8 Å². The Morgan fingerprint density at radius 3 is 1.04 bits per heavy atom. The molecule has 4 aliphatic rings. The minimum atomic E-state index is -0.235. The Morgan fingerprint density at radius 2 is 0.598 bits per heavy atom. The van der Waals surface area contributed by atoms with Crippen molar-refractivity contribution in [3.63, 3.8) is 0 Å². The number of anilines is 15. The van der Waals surface area contributed by atoms with E-state index in [1.54, 1.807) is 0 Å². The van der Waals surface area contributed by atoms with Crippen LogP contribution in [0.25, 0.3) is 44.5 Å². The number of para-hydroxylation sites is 7. The number of hydrogen-bond acceptors (Lipinski definition) is 6. The van der Waals surface area contributed by atoms with Gasteiger partial charge in [0.15, 0.2) is 0 Å². The van der Waals surface area contributed by atoms with Gasteiger partial charge >= 0.3 is 0 Å². The van der Waals surface area contributed by atoms with Crippen molar-refractivity contribution in [2.45, 2.75) is 62.2 Å². The lowest BCUT2D eigenvalue weighted by Gasteiger charge is -2.46. The molecule has 0 aliphatic carbocycles. The fraction of sp³-hybridized carbons (Fsp3) is 0.0769. The lowest BCUT2D eigenvalue weighted by molar-refractivity contribution is 0.590. The lowest BCUT2D eigenvalue weighted by atomic mass is 9.31. The van der Waals surface area contributed by atoms with Crippen molar-refractivity contribution >= 4 is 143 Å². The van der Waals surface area contributed by atoms with Gasteiger partial charge in [0.1, 0.15) is 0 Å². The van der Waals surface area contributed by atoms with Crippen LogP contribution in [0.2, 0.25) is 0 Å². The molecular formula is C104H81B2N5S. The monoisotopic (exact) mass is 1450 g/mol. The highest BCUT2D eigenvalue weighted by Crippen LogP contribution is 2.55. The number of hydrogen-bond donors (Lipinski definition) is 0. The summed E-state index contributed by atoms with van der Waals surface area (Å²) in [4.78, 5) is 15.2. The minimum Gasteiger partial charge on any atom is -0.311 e. The van der Waals surface area contributed by atoms with E-state index in [1.807, 2.05) is 11.8 Å². The van der Waals surface area contributed by atoms with E-state index in [9.17, 15) is 0 Å². The molecule has 0 bridgehead atoms. The van der Waals surface area contributed by atoms with E-state index in [0.29, 0.717) is 0 Å². The van der Waals surface area contributed by atoms with Gasteiger partial charge in [-0.2, -0.15) is 0 Å². The zero-order valence-corrected chi connectivity index (χ0v) is 64.5. The number of fused-ring (bicyclic) bond motifs is 8. The second-order valence-corrected chi connectivity index (χ2v) is 33.1. The predicted molar refractivity (Wildman–Crippen MR) is 479 cm³/mol. The van der Waals surface area contributed by atoms with Crippen LogP contribution in [-0.4, -0.2) is 13.4 Å². The molecule has 0 aromatic heterocycles. The Labute approximate surface area is 663 Å². The molecule has 534 valence electrons. The largest absolute Gasteiger partial charge is 0.311 e. The van der Waals surface area contributed by atoms with Crippen molar-refractivity contribution in [2.75, 3.05) is 24.5 Å². The van der Waals surface area contributed by atoms with Gasteiger partial charge in [-0.25, -0.2) is 0 Å². The molecule has 0 saturated heterocycles. The maximum Gasteiger partial charge on any atom is 0.252 e. The summed E-state index contributed by atoms with van der Waals surface area (Å²) in [6, 6.07) is 144. The molecule has 0 N–H and O–H groups in total. The van der Waals surface area contributed by atoms with Crippen LogP contribution in [0.5, 0.6) is 0 Å². The van der Waals surface area contributed by atoms with E-state index in [0.717, 1.165) is 107 Å². The number of nitrogens with zero attached hydrogens (tertiary/aromatic N) is 5. The van der Waals surface area contributed by atoms with Gasteiger partial charge in [0.25, 0.3) is 6.71 Å². The van der Waals surface area contributed by atoms with Crippen molar-refractivity contribution in [1.29, 1.82) is 0 Å².